The van der Waals surface area contributed by atoms with Crippen molar-refractivity contribution in [1.82, 2.24) is 4.31 Å². The van der Waals surface area contributed by atoms with Crippen LogP contribution in [0.2, 0.25) is 0 Å². The standard InChI is InChI=1S/C19H21FN2O4S/c1-14(23)15-5-11-18(12-6-15)27(25,26)22(2)13-3-4-19(24)21-17-9-7-16(20)8-10-17/h5-12H,3-4,13H2,1-2H3,(H,21,24). The molecule has 0 aliphatic rings. The van der Waals surface area contributed by atoms with Gasteiger partial charge in [0.15, 0.2) is 5.78 Å². The highest BCUT2D eigenvalue weighted by molar-refractivity contribution is 7.89. The molecular formula is C19H21FN2O4S. The number of benzene rings is 2. The molecule has 0 radical (unpaired) electrons. The van der Waals surface area contributed by atoms with Gasteiger partial charge in [-0.05, 0) is 49.7 Å². The third-order valence-corrected chi connectivity index (χ3v) is 5.84. The second-order valence-corrected chi connectivity index (χ2v) is 8.11. The summed E-state index contributed by atoms with van der Waals surface area (Å²) in [6.45, 7) is 1.57. The predicted octanol–water partition coefficient (Wildman–Crippen LogP) is 3.07. The summed E-state index contributed by atoms with van der Waals surface area (Å²) in [6.07, 6.45) is 0.453. The average molecular weight is 392 g/mol. The normalized spacial score (nSPS) is 11.4. The fraction of sp³-hybridized carbons (Fsp3) is 0.263. The molecule has 0 aliphatic heterocycles. The lowest BCUT2D eigenvalue weighted by Gasteiger charge is -2.17. The molecule has 2 rings (SSSR count). The molecule has 6 nitrogen and oxygen atoms in total. The van der Waals surface area contributed by atoms with E-state index in [9.17, 15) is 22.4 Å². The van der Waals surface area contributed by atoms with E-state index in [0.29, 0.717) is 17.7 Å². The van der Waals surface area contributed by atoms with Gasteiger partial charge >= 0.3 is 0 Å². The van der Waals surface area contributed by atoms with Crippen LogP contribution in [0.15, 0.2) is 53.4 Å². The van der Waals surface area contributed by atoms with Crippen LogP contribution in [0.5, 0.6) is 0 Å². The maximum absolute atomic E-state index is 12.8. The van der Waals surface area contributed by atoms with Gasteiger partial charge in [0, 0.05) is 31.3 Å². The number of nitrogens with one attached hydrogen (secondary N) is 1. The first-order valence-corrected chi connectivity index (χ1v) is 9.77. The number of Topliss-reactive ketones (excluding diaryl/α,β-unsaturated/α-hetero) is 1. The van der Waals surface area contributed by atoms with Crippen LogP contribution in [0, 0.1) is 5.82 Å². The maximum atomic E-state index is 12.8. The van der Waals surface area contributed by atoms with Crippen molar-refractivity contribution in [1.29, 1.82) is 0 Å². The second-order valence-electron chi connectivity index (χ2n) is 6.07. The van der Waals surface area contributed by atoms with E-state index in [1.54, 1.807) is 0 Å². The zero-order chi connectivity index (χ0) is 20.0. The maximum Gasteiger partial charge on any atom is 0.242 e. The van der Waals surface area contributed by atoms with Gasteiger partial charge in [-0.25, -0.2) is 17.1 Å². The second kappa shape index (κ2) is 8.88. The van der Waals surface area contributed by atoms with Crippen LogP contribution in [-0.4, -0.2) is 38.0 Å². The molecule has 0 unspecified atom stereocenters. The number of nitrogens with zero attached hydrogens (tertiary/aromatic N) is 1. The number of anilines is 1. The molecule has 1 amide bonds. The number of hydrogen-bond acceptors (Lipinski definition) is 4. The fourth-order valence-electron chi connectivity index (χ4n) is 2.38. The van der Waals surface area contributed by atoms with Crippen molar-refractivity contribution in [3.63, 3.8) is 0 Å². The van der Waals surface area contributed by atoms with E-state index in [0.717, 1.165) is 0 Å². The molecule has 0 heterocycles. The summed E-state index contributed by atoms with van der Waals surface area (Å²) in [7, 11) is -2.26. The zero-order valence-corrected chi connectivity index (χ0v) is 15.9. The van der Waals surface area contributed by atoms with E-state index in [2.05, 4.69) is 5.32 Å². The molecule has 0 fully saturated rings. The Hall–Kier alpha value is -2.58. The summed E-state index contributed by atoms with van der Waals surface area (Å²) >= 11 is 0. The van der Waals surface area contributed by atoms with E-state index in [4.69, 9.17) is 0 Å². The number of carbonyl (C=O) groups is 2. The molecule has 144 valence electrons. The van der Waals surface area contributed by atoms with Crippen LogP contribution in [0.1, 0.15) is 30.1 Å². The average Bonchev–Trinajstić information content (AvgIpc) is 2.63. The van der Waals surface area contributed by atoms with Gasteiger partial charge in [0.1, 0.15) is 5.82 Å². The molecule has 1 N–H and O–H groups in total. The molecule has 0 aromatic heterocycles. The highest BCUT2D eigenvalue weighted by Crippen LogP contribution is 2.16. The first kappa shape index (κ1) is 20.7. The Kier molecular flexibility index (Phi) is 6.81. The quantitative estimate of drug-likeness (QED) is 0.700. The summed E-state index contributed by atoms with van der Waals surface area (Å²) < 4.78 is 39.0. The third kappa shape index (κ3) is 5.70. The van der Waals surface area contributed by atoms with Gasteiger partial charge in [-0.2, -0.15) is 0 Å². The predicted molar refractivity (Wildman–Crippen MR) is 101 cm³/mol. The molecule has 2 aromatic carbocycles. The molecule has 0 spiro atoms. The number of halogens is 1. The molecule has 0 atom stereocenters. The summed E-state index contributed by atoms with van der Waals surface area (Å²) in [4.78, 5) is 23.3. The van der Waals surface area contributed by atoms with Gasteiger partial charge in [-0.15, -0.1) is 0 Å². The number of ketones is 1. The van der Waals surface area contributed by atoms with E-state index in [1.807, 2.05) is 0 Å². The Bertz CT molecular complexity index is 910. The fourth-order valence-corrected chi connectivity index (χ4v) is 3.59. The summed E-state index contributed by atoms with van der Waals surface area (Å²) in [5.74, 6) is -0.811. The van der Waals surface area contributed by atoms with Crippen molar-refractivity contribution >= 4 is 27.4 Å². The van der Waals surface area contributed by atoms with Crippen molar-refractivity contribution in [2.24, 2.45) is 0 Å². The minimum absolute atomic E-state index is 0.0887. The number of amides is 1. The van der Waals surface area contributed by atoms with Crippen molar-refractivity contribution in [2.45, 2.75) is 24.7 Å². The van der Waals surface area contributed by atoms with Gasteiger partial charge in [-0.1, -0.05) is 12.1 Å². The van der Waals surface area contributed by atoms with Gasteiger partial charge in [0.25, 0.3) is 0 Å². The molecule has 0 bridgehead atoms. The van der Waals surface area contributed by atoms with Crippen molar-refractivity contribution in [2.75, 3.05) is 18.9 Å². The van der Waals surface area contributed by atoms with E-state index < -0.39 is 15.8 Å². The van der Waals surface area contributed by atoms with Crippen LogP contribution >= 0.6 is 0 Å². The Morgan fingerprint density at radius 2 is 1.63 bits per heavy atom. The van der Waals surface area contributed by atoms with Crippen LogP contribution < -0.4 is 5.32 Å². The topological polar surface area (TPSA) is 83.6 Å². The Labute approximate surface area is 158 Å². The summed E-state index contributed by atoms with van der Waals surface area (Å²) in [5.41, 5.74) is 0.919. The van der Waals surface area contributed by atoms with E-state index in [-0.39, 0.29) is 29.6 Å². The lowest BCUT2D eigenvalue weighted by Crippen LogP contribution is -2.28. The van der Waals surface area contributed by atoms with E-state index >= 15 is 0 Å². The highest BCUT2D eigenvalue weighted by Gasteiger charge is 2.20. The van der Waals surface area contributed by atoms with Gasteiger partial charge < -0.3 is 5.32 Å². The molecule has 0 aliphatic carbocycles. The number of rotatable bonds is 8. The Balaban J connectivity index is 1.88. The third-order valence-electron chi connectivity index (χ3n) is 3.97. The van der Waals surface area contributed by atoms with E-state index in [1.165, 1.54) is 66.8 Å². The highest BCUT2D eigenvalue weighted by atomic mass is 32.2. The molecule has 2 aromatic rings. The lowest BCUT2D eigenvalue weighted by molar-refractivity contribution is -0.116. The molecule has 0 saturated carbocycles. The van der Waals surface area contributed by atoms with Gasteiger partial charge in [-0.3, -0.25) is 9.59 Å². The van der Waals surface area contributed by atoms with Crippen LogP contribution in [0.3, 0.4) is 0 Å². The van der Waals surface area contributed by atoms with Crippen molar-refractivity contribution < 1.29 is 22.4 Å². The zero-order valence-electron chi connectivity index (χ0n) is 15.1. The molecule has 8 heteroatoms. The monoisotopic (exact) mass is 392 g/mol. The number of carbonyl (C=O) groups excluding carboxylic acids is 2. The van der Waals surface area contributed by atoms with Gasteiger partial charge in [0.05, 0.1) is 4.90 Å². The van der Waals surface area contributed by atoms with Crippen molar-refractivity contribution in [3.05, 3.63) is 59.9 Å². The molecular weight excluding hydrogens is 371 g/mol. The number of sulfonamides is 1. The largest absolute Gasteiger partial charge is 0.326 e. The molecule has 27 heavy (non-hydrogen) atoms. The molecule has 0 saturated heterocycles. The SMILES string of the molecule is CC(=O)c1ccc(S(=O)(=O)N(C)CCCC(=O)Nc2ccc(F)cc2)cc1. The first-order valence-electron chi connectivity index (χ1n) is 8.33. The summed E-state index contributed by atoms with van der Waals surface area (Å²) in [5, 5.41) is 2.62. The van der Waals surface area contributed by atoms with Crippen LogP contribution in [0.4, 0.5) is 10.1 Å². The Morgan fingerprint density at radius 1 is 1.04 bits per heavy atom. The minimum atomic E-state index is -3.69. The Morgan fingerprint density at radius 3 is 2.19 bits per heavy atom. The lowest BCUT2D eigenvalue weighted by atomic mass is 10.2. The van der Waals surface area contributed by atoms with Crippen LogP contribution in [-0.2, 0) is 14.8 Å². The summed E-state index contributed by atoms with van der Waals surface area (Å²) in [6, 6.07) is 11.1. The number of hydrogen-bond donors (Lipinski definition) is 1. The smallest absolute Gasteiger partial charge is 0.242 e. The van der Waals surface area contributed by atoms with Gasteiger partial charge in [0.2, 0.25) is 15.9 Å². The minimum Gasteiger partial charge on any atom is -0.326 e. The van der Waals surface area contributed by atoms with Crippen LogP contribution in [0.25, 0.3) is 0 Å². The van der Waals surface area contributed by atoms with Crippen molar-refractivity contribution in [3.8, 4) is 0 Å². The first-order chi connectivity index (χ1) is 12.7.